The Morgan fingerprint density at radius 2 is 1.69 bits per heavy atom. The van der Waals surface area contributed by atoms with Gasteiger partial charge in [-0.15, -0.1) is 0 Å². The minimum absolute atomic E-state index is 0.470. The zero-order valence-corrected chi connectivity index (χ0v) is 20.4. The molecule has 0 amide bonds. The van der Waals surface area contributed by atoms with E-state index in [0.717, 1.165) is 33.8 Å². The fourth-order valence-corrected chi connectivity index (χ4v) is 4.04. The number of benzene rings is 3. The van der Waals surface area contributed by atoms with Crippen LogP contribution in [0.15, 0.2) is 102 Å². The second kappa shape index (κ2) is 9.40. The standard InChI is InChI=1S/C29H23ClN2O4/c1-29(2,28(33)34)36-22-8-5-7-19(17-22)23-9-3-4-10-24(23)25-18-26(27-11-6-16-35-27)32(31-25)21-14-12-20(30)13-15-21/h3-18H,1-2H3,(H,33,34). The third-order valence-electron chi connectivity index (χ3n) is 5.79. The van der Waals surface area contributed by atoms with E-state index in [0.29, 0.717) is 16.5 Å². The molecule has 2 aromatic heterocycles. The number of carboxylic acid groups (broad SMARTS) is 1. The maximum absolute atomic E-state index is 11.5. The van der Waals surface area contributed by atoms with Crippen molar-refractivity contribution in [3.63, 3.8) is 0 Å². The van der Waals surface area contributed by atoms with E-state index in [9.17, 15) is 9.90 Å². The van der Waals surface area contributed by atoms with Crippen LogP contribution in [0.4, 0.5) is 0 Å². The third kappa shape index (κ3) is 4.63. The first-order valence-corrected chi connectivity index (χ1v) is 11.7. The predicted molar refractivity (Wildman–Crippen MR) is 139 cm³/mol. The Balaban J connectivity index is 1.61. The molecule has 5 rings (SSSR count). The number of hydrogen-bond acceptors (Lipinski definition) is 4. The van der Waals surface area contributed by atoms with Crippen LogP contribution in [-0.4, -0.2) is 26.5 Å². The van der Waals surface area contributed by atoms with Crippen molar-refractivity contribution in [3.05, 3.63) is 102 Å². The number of halogens is 1. The number of ether oxygens (including phenoxy) is 1. The second-order valence-corrected chi connectivity index (χ2v) is 9.21. The Morgan fingerprint density at radius 1 is 0.944 bits per heavy atom. The summed E-state index contributed by atoms with van der Waals surface area (Å²) in [6.07, 6.45) is 1.63. The molecule has 180 valence electrons. The lowest BCUT2D eigenvalue weighted by Crippen LogP contribution is -2.37. The molecule has 0 aliphatic carbocycles. The Kier molecular flexibility index (Phi) is 6.12. The number of aromatic nitrogens is 2. The quantitative estimate of drug-likeness (QED) is 0.253. The summed E-state index contributed by atoms with van der Waals surface area (Å²) in [7, 11) is 0. The summed E-state index contributed by atoms with van der Waals surface area (Å²) >= 11 is 6.11. The average molecular weight is 499 g/mol. The van der Waals surface area contributed by atoms with Crippen LogP contribution in [0.3, 0.4) is 0 Å². The van der Waals surface area contributed by atoms with Gasteiger partial charge in [-0.2, -0.15) is 5.10 Å². The van der Waals surface area contributed by atoms with Crippen molar-refractivity contribution in [3.8, 4) is 45.3 Å². The van der Waals surface area contributed by atoms with E-state index < -0.39 is 11.6 Å². The van der Waals surface area contributed by atoms with Crippen molar-refractivity contribution in [2.75, 3.05) is 0 Å². The lowest BCUT2D eigenvalue weighted by molar-refractivity contribution is -0.152. The molecule has 5 aromatic rings. The molecule has 0 radical (unpaired) electrons. The van der Waals surface area contributed by atoms with E-state index in [4.69, 9.17) is 25.9 Å². The van der Waals surface area contributed by atoms with Gasteiger partial charge in [-0.3, -0.25) is 0 Å². The number of nitrogens with zero attached hydrogens (tertiary/aromatic N) is 2. The van der Waals surface area contributed by atoms with E-state index >= 15 is 0 Å². The van der Waals surface area contributed by atoms with E-state index in [2.05, 4.69) is 0 Å². The average Bonchev–Trinajstić information content (AvgIpc) is 3.55. The van der Waals surface area contributed by atoms with Crippen LogP contribution >= 0.6 is 11.6 Å². The van der Waals surface area contributed by atoms with Crippen molar-refractivity contribution in [2.45, 2.75) is 19.4 Å². The molecule has 7 heteroatoms. The molecule has 36 heavy (non-hydrogen) atoms. The van der Waals surface area contributed by atoms with Gasteiger partial charge in [0.15, 0.2) is 11.4 Å². The number of rotatable bonds is 7. The van der Waals surface area contributed by atoms with Crippen molar-refractivity contribution in [2.24, 2.45) is 0 Å². The molecule has 0 bridgehead atoms. The van der Waals surface area contributed by atoms with Crippen LogP contribution in [-0.2, 0) is 4.79 Å². The highest BCUT2D eigenvalue weighted by Crippen LogP contribution is 2.36. The fourth-order valence-electron chi connectivity index (χ4n) is 3.92. The third-order valence-corrected chi connectivity index (χ3v) is 6.04. The molecule has 1 N–H and O–H groups in total. The Bertz CT molecular complexity index is 1520. The second-order valence-electron chi connectivity index (χ2n) is 8.77. The molecular formula is C29H23ClN2O4. The summed E-state index contributed by atoms with van der Waals surface area (Å²) < 4.78 is 13.3. The van der Waals surface area contributed by atoms with Gasteiger partial charge in [0.1, 0.15) is 11.4 Å². The first-order valence-electron chi connectivity index (χ1n) is 11.3. The molecule has 0 saturated carbocycles. The number of aliphatic carboxylic acids is 1. The summed E-state index contributed by atoms with van der Waals surface area (Å²) in [5, 5.41) is 15.0. The summed E-state index contributed by atoms with van der Waals surface area (Å²) in [5.74, 6) is 0.122. The monoisotopic (exact) mass is 498 g/mol. The number of hydrogen-bond donors (Lipinski definition) is 1. The van der Waals surface area contributed by atoms with E-state index in [1.54, 1.807) is 12.3 Å². The van der Waals surface area contributed by atoms with Crippen LogP contribution in [0, 0.1) is 0 Å². The highest BCUT2D eigenvalue weighted by atomic mass is 35.5. The molecule has 0 saturated heterocycles. The Hall–Kier alpha value is -4.29. The summed E-state index contributed by atoms with van der Waals surface area (Å²) in [6, 6.07) is 28.5. The van der Waals surface area contributed by atoms with Gasteiger partial charge in [0, 0.05) is 10.6 Å². The number of furan rings is 1. The van der Waals surface area contributed by atoms with Gasteiger partial charge in [0.2, 0.25) is 0 Å². The highest BCUT2D eigenvalue weighted by molar-refractivity contribution is 6.30. The van der Waals surface area contributed by atoms with Crippen molar-refractivity contribution >= 4 is 17.6 Å². The maximum Gasteiger partial charge on any atom is 0.347 e. The summed E-state index contributed by atoms with van der Waals surface area (Å²) in [4.78, 5) is 11.5. The van der Waals surface area contributed by atoms with Gasteiger partial charge in [0.25, 0.3) is 0 Å². The normalized spacial score (nSPS) is 11.4. The van der Waals surface area contributed by atoms with Crippen molar-refractivity contribution in [1.82, 2.24) is 9.78 Å². The largest absolute Gasteiger partial charge is 0.478 e. The number of carboxylic acids is 1. The van der Waals surface area contributed by atoms with Crippen LogP contribution in [0.1, 0.15) is 13.8 Å². The van der Waals surface area contributed by atoms with Crippen LogP contribution < -0.4 is 4.74 Å². The maximum atomic E-state index is 11.5. The highest BCUT2D eigenvalue weighted by Gasteiger charge is 2.29. The predicted octanol–water partition coefficient (Wildman–Crippen LogP) is 7.36. The van der Waals surface area contributed by atoms with Gasteiger partial charge in [-0.25, -0.2) is 9.48 Å². The molecule has 2 heterocycles. The first-order chi connectivity index (χ1) is 17.3. The molecule has 0 spiro atoms. The minimum Gasteiger partial charge on any atom is -0.478 e. The van der Waals surface area contributed by atoms with Crippen molar-refractivity contribution in [1.29, 1.82) is 0 Å². The van der Waals surface area contributed by atoms with Crippen molar-refractivity contribution < 1.29 is 19.1 Å². The fraction of sp³-hybridized carbons (Fsp3) is 0.103. The van der Waals surface area contributed by atoms with E-state index in [1.807, 2.05) is 89.6 Å². The Morgan fingerprint density at radius 3 is 2.39 bits per heavy atom. The molecule has 0 aliphatic rings. The number of carbonyl (C=O) groups is 1. The molecule has 0 atom stereocenters. The lowest BCUT2D eigenvalue weighted by atomic mass is 9.97. The summed E-state index contributed by atoms with van der Waals surface area (Å²) in [5.41, 5.74) is 3.77. The van der Waals surface area contributed by atoms with Gasteiger partial charge in [-0.1, -0.05) is 48.0 Å². The minimum atomic E-state index is -1.35. The van der Waals surface area contributed by atoms with Crippen LogP contribution in [0.25, 0.3) is 39.5 Å². The van der Waals surface area contributed by atoms with E-state index in [1.165, 1.54) is 13.8 Å². The zero-order valence-electron chi connectivity index (χ0n) is 19.7. The lowest BCUT2D eigenvalue weighted by Gasteiger charge is -2.22. The SMILES string of the molecule is CC(C)(Oc1cccc(-c2ccccc2-c2cc(-c3ccco3)n(-c3ccc(Cl)cc3)n2)c1)C(=O)O. The van der Waals surface area contributed by atoms with Crippen LogP contribution in [0.5, 0.6) is 5.75 Å². The molecule has 0 fully saturated rings. The summed E-state index contributed by atoms with van der Waals surface area (Å²) in [6.45, 7) is 3.05. The first kappa shape index (κ1) is 23.5. The Labute approximate surface area is 213 Å². The molecule has 6 nitrogen and oxygen atoms in total. The topological polar surface area (TPSA) is 77.5 Å². The zero-order chi connectivity index (χ0) is 25.3. The molecule has 0 aliphatic heterocycles. The molecule has 0 unspecified atom stereocenters. The van der Waals surface area contributed by atoms with E-state index in [-0.39, 0.29) is 0 Å². The molecule has 3 aromatic carbocycles. The van der Waals surface area contributed by atoms with Crippen LogP contribution in [0.2, 0.25) is 5.02 Å². The molecular weight excluding hydrogens is 476 g/mol. The van der Waals surface area contributed by atoms with Gasteiger partial charge in [-0.05, 0) is 79.6 Å². The van der Waals surface area contributed by atoms with Gasteiger partial charge < -0.3 is 14.3 Å². The van der Waals surface area contributed by atoms with Gasteiger partial charge >= 0.3 is 5.97 Å². The van der Waals surface area contributed by atoms with Gasteiger partial charge in [0.05, 0.1) is 17.6 Å². The smallest absolute Gasteiger partial charge is 0.347 e.